The lowest BCUT2D eigenvalue weighted by molar-refractivity contribution is 0.375. The molecule has 1 aliphatic rings. The first-order valence-electron chi connectivity index (χ1n) is 6.89. The van der Waals surface area contributed by atoms with E-state index in [1.807, 2.05) is 0 Å². The molecule has 1 aliphatic heterocycles. The Hall–Kier alpha value is -1.68. The molecule has 100 valence electrons. The maximum Gasteiger partial charge on any atom is 0.164 e. The lowest BCUT2D eigenvalue weighted by Gasteiger charge is -2.23. The molecule has 0 fully saturated rings. The number of nitrogens with two attached hydrogens (primary N) is 1. The molecule has 0 saturated carbocycles. The van der Waals surface area contributed by atoms with Crippen molar-refractivity contribution in [3.63, 3.8) is 0 Å². The fourth-order valence-corrected chi connectivity index (χ4v) is 2.85. The van der Waals surface area contributed by atoms with Crippen LogP contribution in [0.5, 0.6) is 0 Å². The van der Waals surface area contributed by atoms with E-state index in [2.05, 4.69) is 46.8 Å². The first-order valence-corrected chi connectivity index (χ1v) is 6.89. The summed E-state index contributed by atoms with van der Waals surface area (Å²) in [6.45, 7) is 5.93. The average Bonchev–Trinajstić information content (AvgIpc) is 2.81. The third kappa shape index (κ3) is 2.16. The second-order valence-corrected chi connectivity index (χ2v) is 5.51. The fraction of sp³-hybridized carbons (Fsp3) is 0.467. The van der Waals surface area contributed by atoms with Gasteiger partial charge in [-0.3, -0.25) is 0 Å². The summed E-state index contributed by atoms with van der Waals surface area (Å²) in [4.78, 5) is 0. The van der Waals surface area contributed by atoms with E-state index in [9.17, 15) is 0 Å². The summed E-state index contributed by atoms with van der Waals surface area (Å²) in [5, 5.41) is 8.74. The average molecular weight is 256 g/mol. The molecule has 1 aromatic carbocycles. The van der Waals surface area contributed by atoms with Gasteiger partial charge in [-0.15, -0.1) is 10.2 Å². The predicted molar refractivity (Wildman–Crippen MR) is 75.8 cm³/mol. The molecule has 4 nitrogen and oxygen atoms in total. The van der Waals surface area contributed by atoms with E-state index < -0.39 is 0 Å². The molecule has 0 spiro atoms. The minimum absolute atomic E-state index is 0.549. The summed E-state index contributed by atoms with van der Waals surface area (Å²) < 4.78 is 2.25. The minimum atomic E-state index is 0.549. The maximum atomic E-state index is 5.81. The summed E-state index contributed by atoms with van der Waals surface area (Å²) in [6.07, 6.45) is 2.11. The number of fused-ring (bicyclic) bond motifs is 1. The van der Waals surface area contributed by atoms with Crippen LogP contribution in [0.3, 0.4) is 0 Å². The number of nitrogens with zero attached hydrogens (tertiary/aromatic N) is 3. The Morgan fingerprint density at radius 1 is 1.32 bits per heavy atom. The van der Waals surface area contributed by atoms with Gasteiger partial charge in [-0.2, -0.15) is 0 Å². The van der Waals surface area contributed by atoms with Crippen LogP contribution >= 0.6 is 0 Å². The van der Waals surface area contributed by atoms with Gasteiger partial charge in [0.05, 0.1) is 0 Å². The predicted octanol–water partition coefficient (Wildman–Crippen LogP) is 2.08. The van der Waals surface area contributed by atoms with Gasteiger partial charge in [-0.1, -0.05) is 23.8 Å². The van der Waals surface area contributed by atoms with Crippen LogP contribution in [-0.2, 0) is 13.0 Å². The molecule has 2 N–H and O–H groups in total. The van der Waals surface area contributed by atoms with E-state index in [1.54, 1.807) is 0 Å². The molecule has 0 amide bonds. The van der Waals surface area contributed by atoms with E-state index in [0.29, 0.717) is 5.92 Å². The quantitative estimate of drug-likeness (QED) is 0.895. The van der Waals surface area contributed by atoms with Crippen molar-refractivity contribution in [2.45, 2.75) is 33.2 Å². The highest BCUT2D eigenvalue weighted by Gasteiger charge is 2.23. The molecule has 1 unspecified atom stereocenters. The zero-order valence-electron chi connectivity index (χ0n) is 11.6. The van der Waals surface area contributed by atoms with E-state index >= 15 is 0 Å². The van der Waals surface area contributed by atoms with Crippen molar-refractivity contribution < 1.29 is 0 Å². The Kier molecular flexibility index (Phi) is 3.11. The highest BCUT2D eigenvalue weighted by molar-refractivity contribution is 5.61. The Balaban J connectivity index is 2.05. The lowest BCUT2D eigenvalue weighted by Crippen LogP contribution is -2.26. The van der Waals surface area contributed by atoms with Crippen LogP contribution in [0.2, 0.25) is 0 Å². The third-order valence-electron chi connectivity index (χ3n) is 4.00. The van der Waals surface area contributed by atoms with Gasteiger partial charge >= 0.3 is 0 Å². The molecule has 2 heterocycles. The van der Waals surface area contributed by atoms with Crippen LogP contribution in [0.25, 0.3) is 11.4 Å². The lowest BCUT2D eigenvalue weighted by atomic mass is 9.98. The van der Waals surface area contributed by atoms with Gasteiger partial charge in [-0.05, 0) is 38.3 Å². The number of hydrogen-bond donors (Lipinski definition) is 1. The molecule has 1 atom stereocenters. The summed E-state index contributed by atoms with van der Waals surface area (Å²) in [5.74, 6) is 2.64. The fourth-order valence-electron chi connectivity index (χ4n) is 2.85. The Labute approximate surface area is 113 Å². The molecule has 0 aliphatic carbocycles. The number of aryl methyl sites for hydroxylation is 3. The molecular weight excluding hydrogens is 236 g/mol. The summed E-state index contributed by atoms with van der Waals surface area (Å²) in [5.41, 5.74) is 9.53. The van der Waals surface area contributed by atoms with E-state index in [1.165, 1.54) is 16.7 Å². The van der Waals surface area contributed by atoms with Crippen molar-refractivity contribution in [3.8, 4) is 11.4 Å². The SMILES string of the molecule is Cc1ccc(-c2nnc3n2CC(CN)CC3)c(C)c1. The first kappa shape index (κ1) is 12.4. The number of rotatable bonds is 2. The monoisotopic (exact) mass is 256 g/mol. The van der Waals surface area contributed by atoms with E-state index in [0.717, 1.165) is 37.6 Å². The van der Waals surface area contributed by atoms with Gasteiger partial charge in [-0.25, -0.2) is 0 Å². The normalized spacial score (nSPS) is 18.4. The van der Waals surface area contributed by atoms with Crippen molar-refractivity contribution in [1.29, 1.82) is 0 Å². The molecule has 1 aromatic heterocycles. The van der Waals surface area contributed by atoms with Gasteiger partial charge in [0.1, 0.15) is 5.82 Å². The van der Waals surface area contributed by atoms with Crippen LogP contribution in [0, 0.1) is 19.8 Å². The van der Waals surface area contributed by atoms with Crippen LogP contribution < -0.4 is 5.73 Å². The number of aromatic nitrogens is 3. The molecule has 3 rings (SSSR count). The van der Waals surface area contributed by atoms with E-state index in [4.69, 9.17) is 5.73 Å². The third-order valence-corrected chi connectivity index (χ3v) is 4.00. The zero-order chi connectivity index (χ0) is 13.4. The van der Waals surface area contributed by atoms with Crippen molar-refractivity contribution in [3.05, 3.63) is 35.2 Å². The number of hydrogen-bond acceptors (Lipinski definition) is 3. The molecule has 2 aromatic rings. The summed E-state index contributed by atoms with van der Waals surface area (Å²) in [7, 11) is 0. The van der Waals surface area contributed by atoms with Crippen molar-refractivity contribution in [1.82, 2.24) is 14.8 Å². The van der Waals surface area contributed by atoms with Crippen LogP contribution in [0.4, 0.5) is 0 Å². The highest BCUT2D eigenvalue weighted by atomic mass is 15.3. The molecule has 19 heavy (non-hydrogen) atoms. The minimum Gasteiger partial charge on any atom is -0.330 e. The molecular formula is C15H20N4. The second kappa shape index (κ2) is 4.78. The first-order chi connectivity index (χ1) is 9.19. The second-order valence-electron chi connectivity index (χ2n) is 5.51. The molecule has 0 bridgehead atoms. The summed E-state index contributed by atoms with van der Waals surface area (Å²) >= 11 is 0. The standard InChI is InChI=1S/C15H20N4/c1-10-3-5-13(11(2)7-10)15-18-17-14-6-4-12(8-16)9-19(14)15/h3,5,7,12H,4,6,8-9,16H2,1-2H3. The summed E-state index contributed by atoms with van der Waals surface area (Å²) in [6, 6.07) is 6.47. The molecule has 4 heteroatoms. The zero-order valence-corrected chi connectivity index (χ0v) is 11.6. The van der Waals surface area contributed by atoms with Crippen molar-refractivity contribution in [2.24, 2.45) is 11.7 Å². The van der Waals surface area contributed by atoms with Gasteiger partial charge < -0.3 is 10.3 Å². The number of benzene rings is 1. The van der Waals surface area contributed by atoms with Gasteiger partial charge in [0.15, 0.2) is 5.82 Å². The maximum absolute atomic E-state index is 5.81. The van der Waals surface area contributed by atoms with Crippen LogP contribution in [0.15, 0.2) is 18.2 Å². The van der Waals surface area contributed by atoms with Crippen LogP contribution in [0.1, 0.15) is 23.4 Å². The largest absolute Gasteiger partial charge is 0.330 e. The Morgan fingerprint density at radius 2 is 2.16 bits per heavy atom. The molecule has 0 radical (unpaired) electrons. The van der Waals surface area contributed by atoms with Crippen molar-refractivity contribution in [2.75, 3.05) is 6.54 Å². The Morgan fingerprint density at radius 3 is 2.89 bits per heavy atom. The Bertz CT molecular complexity index is 600. The van der Waals surface area contributed by atoms with E-state index in [-0.39, 0.29) is 0 Å². The van der Waals surface area contributed by atoms with Gasteiger partial charge in [0.25, 0.3) is 0 Å². The van der Waals surface area contributed by atoms with Gasteiger partial charge in [0.2, 0.25) is 0 Å². The highest BCUT2D eigenvalue weighted by Crippen LogP contribution is 2.27. The van der Waals surface area contributed by atoms with Gasteiger partial charge in [0, 0.05) is 18.5 Å². The van der Waals surface area contributed by atoms with Crippen molar-refractivity contribution >= 4 is 0 Å². The topological polar surface area (TPSA) is 56.7 Å². The smallest absolute Gasteiger partial charge is 0.164 e. The van der Waals surface area contributed by atoms with Crippen LogP contribution in [-0.4, -0.2) is 21.3 Å². The molecule has 0 saturated heterocycles.